The van der Waals surface area contributed by atoms with E-state index in [2.05, 4.69) is 36.0 Å². The first-order valence-electron chi connectivity index (χ1n) is 7.85. The number of hydrogen-bond donors (Lipinski definition) is 0. The molecule has 0 aliphatic heterocycles. The van der Waals surface area contributed by atoms with Gasteiger partial charge in [-0.05, 0) is 25.5 Å². The third-order valence-corrected chi connectivity index (χ3v) is 3.53. The van der Waals surface area contributed by atoms with Gasteiger partial charge in [0.1, 0.15) is 0 Å². The summed E-state index contributed by atoms with van der Waals surface area (Å²) >= 11 is 0. The molecule has 1 aromatic heterocycles. The number of pyridine rings is 1. The van der Waals surface area contributed by atoms with Crippen molar-refractivity contribution in [3.05, 3.63) is 54.2 Å². The van der Waals surface area contributed by atoms with Crippen LogP contribution in [0.4, 0.5) is 0 Å². The summed E-state index contributed by atoms with van der Waals surface area (Å²) in [6.45, 7) is 4.40. The van der Waals surface area contributed by atoms with Crippen LogP contribution in [0.15, 0.2) is 53.5 Å². The number of hydrogen-bond acceptors (Lipinski definition) is 2. The summed E-state index contributed by atoms with van der Waals surface area (Å²) in [4.78, 5) is 9.28. The maximum atomic E-state index is 4.66. The minimum absolute atomic E-state index is 0.374. The zero-order chi connectivity index (χ0) is 14.9. The largest absolute Gasteiger partial charge is 0.288 e. The number of benzene rings is 1. The van der Waals surface area contributed by atoms with E-state index in [0.717, 1.165) is 23.4 Å². The monoisotopic (exact) mass is 280 g/mol. The molecule has 2 heteroatoms. The van der Waals surface area contributed by atoms with Crippen LogP contribution >= 0.6 is 0 Å². The summed E-state index contributed by atoms with van der Waals surface area (Å²) in [7, 11) is 0. The summed E-state index contributed by atoms with van der Waals surface area (Å²) in [6, 6.07) is 16.7. The Labute approximate surface area is 128 Å². The predicted molar refractivity (Wildman–Crippen MR) is 90.9 cm³/mol. The van der Waals surface area contributed by atoms with Gasteiger partial charge in [-0.1, -0.05) is 62.6 Å². The van der Waals surface area contributed by atoms with Crippen LogP contribution in [-0.2, 0) is 0 Å². The van der Waals surface area contributed by atoms with Crippen molar-refractivity contribution in [2.45, 2.75) is 45.6 Å². The Morgan fingerprint density at radius 1 is 1.05 bits per heavy atom. The highest BCUT2D eigenvalue weighted by Gasteiger charge is 2.00. The Bertz CT molecular complexity index is 561. The first kappa shape index (κ1) is 15.4. The SMILES string of the molecule is CCCCCC(C)N=Cc1cccc(-c2ccccc2)n1. The lowest BCUT2D eigenvalue weighted by molar-refractivity contribution is 0.595. The lowest BCUT2D eigenvalue weighted by Gasteiger charge is -2.05. The Morgan fingerprint density at radius 3 is 2.62 bits per heavy atom. The topological polar surface area (TPSA) is 25.2 Å². The summed E-state index contributed by atoms with van der Waals surface area (Å²) < 4.78 is 0. The number of unbranched alkanes of at least 4 members (excludes halogenated alkanes) is 2. The Hall–Kier alpha value is -1.96. The molecule has 0 spiro atoms. The Morgan fingerprint density at radius 2 is 1.86 bits per heavy atom. The van der Waals surface area contributed by atoms with E-state index in [1.807, 2.05) is 42.6 Å². The van der Waals surface area contributed by atoms with E-state index in [0.29, 0.717) is 6.04 Å². The van der Waals surface area contributed by atoms with Gasteiger partial charge in [0, 0.05) is 17.8 Å². The quantitative estimate of drug-likeness (QED) is 0.509. The fourth-order valence-electron chi connectivity index (χ4n) is 2.26. The minimum Gasteiger partial charge on any atom is -0.288 e. The highest BCUT2D eigenvalue weighted by atomic mass is 14.8. The lowest BCUT2D eigenvalue weighted by Crippen LogP contribution is -1.99. The molecule has 1 unspecified atom stereocenters. The molecule has 0 aliphatic rings. The van der Waals surface area contributed by atoms with Crippen LogP contribution in [-0.4, -0.2) is 17.2 Å². The first-order valence-corrected chi connectivity index (χ1v) is 7.85. The molecule has 2 nitrogen and oxygen atoms in total. The maximum Gasteiger partial charge on any atom is 0.0815 e. The summed E-state index contributed by atoms with van der Waals surface area (Å²) in [5.74, 6) is 0. The van der Waals surface area contributed by atoms with E-state index in [1.165, 1.54) is 19.3 Å². The maximum absolute atomic E-state index is 4.66. The number of aliphatic imine (C=N–C) groups is 1. The molecule has 0 amide bonds. The normalized spacial score (nSPS) is 12.7. The van der Waals surface area contributed by atoms with Gasteiger partial charge in [-0.3, -0.25) is 4.99 Å². The standard InChI is InChI=1S/C19H24N2/c1-3-4-6-10-16(2)20-15-18-13-9-14-19(21-18)17-11-7-5-8-12-17/h5,7-9,11-16H,3-4,6,10H2,1-2H3. The Kier molecular flexibility index (Phi) is 6.14. The third-order valence-electron chi connectivity index (χ3n) is 3.53. The van der Waals surface area contributed by atoms with E-state index in [-0.39, 0.29) is 0 Å². The van der Waals surface area contributed by atoms with Crippen molar-refractivity contribution in [2.24, 2.45) is 4.99 Å². The van der Waals surface area contributed by atoms with E-state index in [9.17, 15) is 0 Å². The lowest BCUT2D eigenvalue weighted by atomic mass is 10.1. The fourth-order valence-corrected chi connectivity index (χ4v) is 2.26. The van der Waals surface area contributed by atoms with Crippen molar-refractivity contribution in [1.29, 1.82) is 0 Å². The molecule has 1 heterocycles. The second-order valence-corrected chi connectivity index (χ2v) is 5.44. The van der Waals surface area contributed by atoms with Crippen LogP contribution in [0.1, 0.15) is 45.2 Å². The summed E-state index contributed by atoms with van der Waals surface area (Å²) in [5, 5.41) is 0. The molecule has 2 rings (SSSR count). The summed E-state index contributed by atoms with van der Waals surface area (Å²) in [6.07, 6.45) is 6.87. The minimum atomic E-state index is 0.374. The molecular weight excluding hydrogens is 256 g/mol. The molecule has 1 atom stereocenters. The van der Waals surface area contributed by atoms with Gasteiger partial charge in [0.2, 0.25) is 0 Å². The van der Waals surface area contributed by atoms with Crippen LogP contribution in [0.3, 0.4) is 0 Å². The van der Waals surface area contributed by atoms with Crippen LogP contribution in [0, 0.1) is 0 Å². The van der Waals surface area contributed by atoms with Crippen molar-refractivity contribution < 1.29 is 0 Å². The summed E-state index contributed by atoms with van der Waals surface area (Å²) in [5.41, 5.74) is 3.07. The van der Waals surface area contributed by atoms with Gasteiger partial charge in [-0.15, -0.1) is 0 Å². The number of nitrogens with zero attached hydrogens (tertiary/aromatic N) is 2. The van der Waals surface area contributed by atoms with Crippen LogP contribution in [0.5, 0.6) is 0 Å². The third kappa shape index (κ3) is 5.14. The molecule has 1 aromatic carbocycles. The first-order chi connectivity index (χ1) is 10.3. The number of rotatable bonds is 7. The van der Waals surface area contributed by atoms with E-state index in [4.69, 9.17) is 0 Å². The van der Waals surface area contributed by atoms with E-state index >= 15 is 0 Å². The molecular formula is C19H24N2. The average Bonchev–Trinajstić information content (AvgIpc) is 2.54. The highest BCUT2D eigenvalue weighted by molar-refractivity contribution is 5.78. The predicted octanol–water partition coefficient (Wildman–Crippen LogP) is 5.14. The van der Waals surface area contributed by atoms with Crippen LogP contribution in [0.2, 0.25) is 0 Å². The zero-order valence-corrected chi connectivity index (χ0v) is 13.0. The Balaban J connectivity index is 2.01. The molecule has 0 saturated heterocycles. The molecule has 0 bridgehead atoms. The van der Waals surface area contributed by atoms with Crippen LogP contribution < -0.4 is 0 Å². The van der Waals surface area contributed by atoms with Crippen molar-refractivity contribution in [2.75, 3.05) is 0 Å². The second-order valence-electron chi connectivity index (χ2n) is 5.44. The van der Waals surface area contributed by atoms with E-state index in [1.54, 1.807) is 0 Å². The highest BCUT2D eigenvalue weighted by Crippen LogP contribution is 2.16. The van der Waals surface area contributed by atoms with Crippen molar-refractivity contribution in [1.82, 2.24) is 4.98 Å². The molecule has 0 radical (unpaired) electrons. The van der Waals surface area contributed by atoms with Gasteiger partial charge in [0.15, 0.2) is 0 Å². The van der Waals surface area contributed by atoms with Gasteiger partial charge < -0.3 is 0 Å². The van der Waals surface area contributed by atoms with Gasteiger partial charge in [-0.25, -0.2) is 4.98 Å². The zero-order valence-electron chi connectivity index (χ0n) is 13.0. The van der Waals surface area contributed by atoms with Crippen molar-refractivity contribution in [3.63, 3.8) is 0 Å². The second kappa shape index (κ2) is 8.35. The molecule has 2 aromatic rings. The molecule has 0 fully saturated rings. The molecule has 110 valence electrons. The van der Waals surface area contributed by atoms with Gasteiger partial charge in [0.25, 0.3) is 0 Å². The smallest absolute Gasteiger partial charge is 0.0815 e. The molecule has 0 N–H and O–H groups in total. The van der Waals surface area contributed by atoms with Crippen molar-refractivity contribution in [3.8, 4) is 11.3 Å². The molecule has 0 saturated carbocycles. The average molecular weight is 280 g/mol. The molecule has 21 heavy (non-hydrogen) atoms. The van der Waals surface area contributed by atoms with Crippen molar-refractivity contribution >= 4 is 6.21 Å². The number of aromatic nitrogens is 1. The van der Waals surface area contributed by atoms with E-state index < -0.39 is 0 Å². The van der Waals surface area contributed by atoms with Gasteiger partial charge >= 0.3 is 0 Å². The van der Waals surface area contributed by atoms with Crippen LogP contribution in [0.25, 0.3) is 11.3 Å². The van der Waals surface area contributed by atoms with Gasteiger partial charge in [0.05, 0.1) is 11.4 Å². The van der Waals surface area contributed by atoms with Gasteiger partial charge in [-0.2, -0.15) is 0 Å². The molecule has 0 aliphatic carbocycles. The fraction of sp³-hybridized carbons (Fsp3) is 0.368.